The predicted molar refractivity (Wildman–Crippen MR) is 97.0 cm³/mol. The third-order valence-corrected chi connectivity index (χ3v) is 4.50. The van der Waals surface area contributed by atoms with Crippen LogP contribution in [0.4, 0.5) is 18.9 Å². The van der Waals surface area contributed by atoms with Crippen LogP contribution in [0.3, 0.4) is 0 Å². The zero-order chi connectivity index (χ0) is 19.6. The van der Waals surface area contributed by atoms with Gasteiger partial charge in [-0.25, -0.2) is 5.06 Å². The van der Waals surface area contributed by atoms with Crippen molar-refractivity contribution in [1.29, 1.82) is 0 Å². The molecule has 0 fully saturated rings. The maximum Gasteiger partial charge on any atom is 0.416 e. The van der Waals surface area contributed by atoms with Gasteiger partial charge in [-0.1, -0.05) is 44.2 Å². The molecule has 0 amide bonds. The van der Waals surface area contributed by atoms with Crippen molar-refractivity contribution in [1.82, 2.24) is 0 Å². The minimum absolute atomic E-state index is 0.125. The van der Waals surface area contributed by atoms with Crippen molar-refractivity contribution in [2.24, 2.45) is 5.92 Å². The summed E-state index contributed by atoms with van der Waals surface area (Å²) in [6, 6.07) is 13.4. The van der Waals surface area contributed by atoms with Gasteiger partial charge in [-0.05, 0) is 41.8 Å². The Kier molecular flexibility index (Phi) is 5.37. The molecule has 1 aliphatic heterocycles. The van der Waals surface area contributed by atoms with Crippen molar-refractivity contribution in [2.45, 2.75) is 32.2 Å². The molecule has 2 aromatic rings. The minimum atomic E-state index is -4.41. The molecule has 0 aromatic heterocycles. The number of halogens is 3. The molecule has 0 aliphatic carbocycles. The van der Waals surface area contributed by atoms with E-state index in [9.17, 15) is 18.0 Å². The van der Waals surface area contributed by atoms with Gasteiger partial charge in [0, 0.05) is 5.57 Å². The van der Waals surface area contributed by atoms with Crippen molar-refractivity contribution in [2.75, 3.05) is 5.06 Å². The first-order valence-electron chi connectivity index (χ1n) is 8.66. The number of hydroxylamine groups is 1. The number of carbonyl (C=O) groups excluding carboxylic acids is 1. The summed E-state index contributed by atoms with van der Waals surface area (Å²) in [5, 5.41) is 1.61. The van der Waals surface area contributed by atoms with E-state index in [4.69, 9.17) is 4.84 Å². The van der Waals surface area contributed by atoms with Crippen LogP contribution < -0.4 is 5.06 Å². The molecule has 0 saturated heterocycles. The van der Waals surface area contributed by atoms with Crippen LogP contribution in [0.5, 0.6) is 0 Å². The molecule has 2 aromatic carbocycles. The standard InChI is InChI=1S/C21H20F3NO2/c1-14(2)19-12-16(13-26)20(25(27-19)18-6-4-3-5-7-18)15-8-10-17(11-9-15)21(22,23)24/h3-14,19-20H,1-2H3/t19-,20+/m0/s1. The Morgan fingerprint density at radius 1 is 1.04 bits per heavy atom. The lowest BCUT2D eigenvalue weighted by atomic mass is 9.93. The van der Waals surface area contributed by atoms with Gasteiger partial charge in [0.2, 0.25) is 0 Å². The van der Waals surface area contributed by atoms with E-state index < -0.39 is 17.8 Å². The SMILES string of the molecule is CC(C)[C@@H]1C=C(C=O)[C@@H](c2ccc(C(F)(F)F)cc2)N(c2ccccc2)O1. The van der Waals surface area contributed by atoms with E-state index >= 15 is 0 Å². The monoisotopic (exact) mass is 375 g/mol. The maximum absolute atomic E-state index is 12.9. The van der Waals surface area contributed by atoms with Crippen LogP contribution in [-0.2, 0) is 15.8 Å². The number of nitrogens with zero attached hydrogens (tertiary/aromatic N) is 1. The second-order valence-electron chi connectivity index (χ2n) is 6.78. The molecule has 0 saturated carbocycles. The Labute approximate surface area is 156 Å². The van der Waals surface area contributed by atoms with E-state index in [-0.39, 0.29) is 12.0 Å². The molecular weight excluding hydrogens is 355 g/mol. The van der Waals surface area contributed by atoms with Gasteiger partial charge in [-0.2, -0.15) is 13.2 Å². The van der Waals surface area contributed by atoms with Crippen molar-refractivity contribution in [3.05, 3.63) is 77.4 Å². The van der Waals surface area contributed by atoms with Crippen LogP contribution in [0.25, 0.3) is 0 Å². The first-order valence-corrected chi connectivity index (χ1v) is 8.66. The van der Waals surface area contributed by atoms with Gasteiger partial charge in [0.15, 0.2) is 0 Å². The molecule has 1 heterocycles. The molecule has 0 bridgehead atoms. The quantitative estimate of drug-likeness (QED) is 0.675. The first kappa shape index (κ1) is 19.2. The van der Waals surface area contributed by atoms with Gasteiger partial charge < -0.3 is 0 Å². The number of benzene rings is 2. The number of anilines is 1. The summed E-state index contributed by atoms with van der Waals surface area (Å²) in [7, 11) is 0. The number of hydrogen-bond acceptors (Lipinski definition) is 3. The molecule has 3 nitrogen and oxygen atoms in total. The Balaban J connectivity index is 2.07. The fourth-order valence-electron chi connectivity index (χ4n) is 3.02. The van der Waals surface area contributed by atoms with Crippen LogP contribution >= 0.6 is 0 Å². The second-order valence-corrected chi connectivity index (χ2v) is 6.78. The number of aldehydes is 1. The molecule has 3 rings (SSSR count). The van der Waals surface area contributed by atoms with Crippen molar-refractivity contribution >= 4 is 12.0 Å². The predicted octanol–water partition coefficient (Wildman–Crippen LogP) is 5.35. The Morgan fingerprint density at radius 2 is 1.67 bits per heavy atom. The molecule has 1 aliphatic rings. The summed E-state index contributed by atoms with van der Waals surface area (Å²) in [5.41, 5.74) is 1.00. The number of carbonyl (C=O) groups is 1. The average Bonchev–Trinajstić information content (AvgIpc) is 2.67. The lowest BCUT2D eigenvalue weighted by molar-refractivity contribution is -0.137. The van der Waals surface area contributed by atoms with Gasteiger partial charge in [0.1, 0.15) is 18.4 Å². The van der Waals surface area contributed by atoms with Crippen molar-refractivity contribution in [3.63, 3.8) is 0 Å². The molecule has 27 heavy (non-hydrogen) atoms. The zero-order valence-electron chi connectivity index (χ0n) is 15.0. The van der Waals surface area contributed by atoms with Crippen molar-refractivity contribution in [3.8, 4) is 0 Å². The third kappa shape index (κ3) is 4.06. The molecule has 0 spiro atoms. The van der Waals surface area contributed by atoms with Crippen LogP contribution in [0.2, 0.25) is 0 Å². The van der Waals surface area contributed by atoms with E-state index in [0.29, 0.717) is 11.1 Å². The van der Waals surface area contributed by atoms with Crippen LogP contribution in [0, 0.1) is 5.92 Å². The van der Waals surface area contributed by atoms with Gasteiger partial charge >= 0.3 is 6.18 Å². The topological polar surface area (TPSA) is 29.5 Å². The molecule has 6 heteroatoms. The lowest BCUT2D eigenvalue weighted by Crippen LogP contribution is -2.40. The Hall–Kier alpha value is -2.60. The van der Waals surface area contributed by atoms with Gasteiger partial charge in [0.25, 0.3) is 0 Å². The minimum Gasteiger partial charge on any atom is -0.298 e. The van der Waals surface area contributed by atoms with E-state index in [1.54, 1.807) is 11.1 Å². The van der Waals surface area contributed by atoms with Crippen LogP contribution in [-0.4, -0.2) is 12.4 Å². The summed E-state index contributed by atoms with van der Waals surface area (Å²) in [4.78, 5) is 17.9. The highest BCUT2D eigenvalue weighted by Gasteiger charge is 2.35. The highest BCUT2D eigenvalue weighted by atomic mass is 19.4. The molecule has 0 N–H and O–H groups in total. The summed E-state index contributed by atoms with van der Waals surface area (Å²) < 4.78 is 38.7. The van der Waals surface area contributed by atoms with E-state index in [2.05, 4.69) is 0 Å². The highest BCUT2D eigenvalue weighted by molar-refractivity contribution is 5.78. The molecule has 0 radical (unpaired) electrons. The number of rotatable bonds is 4. The maximum atomic E-state index is 12.9. The largest absolute Gasteiger partial charge is 0.416 e. The van der Waals surface area contributed by atoms with Gasteiger partial charge in [0.05, 0.1) is 11.3 Å². The fourth-order valence-corrected chi connectivity index (χ4v) is 3.02. The number of alkyl halides is 3. The van der Waals surface area contributed by atoms with Gasteiger partial charge in [-0.3, -0.25) is 9.63 Å². The van der Waals surface area contributed by atoms with Crippen LogP contribution in [0.15, 0.2) is 66.2 Å². The molecule has 2 atom stereocenters. The van der Waals surface area contributed by atoms with E-state index in [0.717, 1.165) is 24.1 Å². The summed E-state index contributed by atoms with van der Waals surface area (Å²) >= 11 is 0. The molecule has 0 unspecified atom stereocenters. The van der Waals surface area contributed by atoms with E-state index in [1.807, 2.05) is 44.2 Å². The lowest BCUT2D eigenvalue weighted by Gasteiger charge is -2.40. The third-order valence-electron chi connectivity index (χ3n) is 4.50. The second kappa shape index (κ2) is 7.56. The van der Waals surface area contributed by atoms with Gasteiger partial charge in [-0.15, -0.1) is 0 Å². The summed E-state index contributed by atoms with van der Waals surface area (Å²) in [6.45, 7) is 3.95. The summed E-state index contributed by atoms with van der Waals surface area (Å²) in [5.74, 6) is 0.125. The highest BCUT2D eigenvalue weighted by Crippen LogP contribution is 2.39. The number of para-hydroxylation sites is 1. The fraction of sp³-hybridized carbons (Fsp3) is 0.286. The van der Waals surface area contributed by atoms with Crippen molar-refractivity contribution < 1.29 is 22.8 Å². The number of hydrogen-bond donors (Lipinski definition) is 0. The summed E-state index contributed by atoms with van der Waals surface area (Å²) in [6.07, 6.45) is -2.22. The molecule has 142 valence electrons. The van der Waals surface area contributed by atoms with Crippen LogP contribution in [0.1, 0.15) is 31.0 Å². The Bertz CT molecular complexity index is 814. The Morgan fingerprint density at radius 3 is 2.19 bits per heavy atom. The smallest absolute Gasteiger partial charge is 0.298 e. The normalized spacial score (nSPS) is 20.5. The van der Waals surface area contributed by atoms with E-state index in [1.165, 1.54) is 12.1 Å². The zero-order valence-corrected chi connectivity index (χ0v) is 15.0. The first-order chi connectivity index (χ1) is 12.8. The average molecular weight is 375 g/mol. The molecular formula is C21H20F3NO2.